The van der Waals surface area contributed by atoms with Crippen molar-refractivity contribution in [2.75, 3.05) is 27.2 Å². The number of fused-ring (bicyclic) bond motifs is 1. The van der Waals surface area contributed by atoms with Crippen LogP contribution in [0.5, 0.6) is 0 Å². The van der Waals surface area contributed by atoms with Gasteiger partial charge in [0.15, 0.2) is 0 Å². The lowest BCUT2D eigenvalue weighted by atomic mass is 10.0. The summed E-state index contributed by atoms with van der Waals surface area (Å²) in [6.07, 6.45) is 2.41. The summed E-state index contributed by atoms with van der Waals surface area (Å²) in [5, 5.41) is 0. The fourth-order valence-corrected chi connectivity index (χ4v) is 6.06. The lowest BCUT2D eigenvalue weighted by Crippen LogP contribution is -2.34. The molecule has 0 aliphatic carbocycles. The number of amides is 2. The van der Waals surface area contributed by atoms with E-state index in [1.165, 1.54) is 21.8 Å². The molecule has 2 amide bonds. The minimum Gasteiger partial charge on any atom is -0.379 e. The monoisotopic (exact) mass is 465 g/mol. The number of aliphatic imine (C=N–C) groups is 1. The van der Waals surface area contributed by atoms with Gasteiger partial charge in [0.05, 0.1) is 20.2 Å². The molecule has 0 aromatic carbocycles. The van der Waals surface area contributed by atoms with Gasteiger partial charge in [-0.1, -0.05) is 11.6 Å². The molecule has 2 aromatic heterocycles. The molecule has 4 rings (SSSR count). The minimum atomic E-state index is -0.323. The molecule has 0 radical (unpaired) electrons. The van der Waals surface area contributed by atoms with E-state index in [1.807, 2.05) is 4.90 Å². The van der Waals surface area contributed by atoms with E-state index in [0.717, 1.165) is 17.8 Å². The predicted molar refractivity (Wildman–Crippen MR) is 121 cm³/mol. The number of methoxy groups -OCH3 is 1. The van der Waals surface area contributed by atoms with E-state index < -0.39 is 0 Å². The third kappa shape index (κ3) is 4.38. The highest BCUT2D eigenvalue weighted by Gasteiger charge is 2.36. The first kappa shape index (κ1) is 21.6. The number of thiophene rings is 2. The molecule has 0 saturated carbocycles. The third-order valence-electron chi connectivity index (χ3n) is 5.83. The molecule has 2 aliphatic rings. The standard InChI is InChI=1S/C21H24ClN3O3S2/c1-12-6-13-7-17(29-18(13)11-24(12)2)21(27)25-9-14(15(10-25)28-3)8-23-20(26)16-4-5-19(22)30-16/h4-5,7-8,12,14-15H,6,9-11H2,1-3H3. The second-order valence-electron chi connectivity index (χ2n) is 7.86. The van der Waals surface area contributed by atoms with Gasteiger partial charge in [0.25, 0.3) is 11.8 Å². The van der Waals surface area contributed by atoms with E-state index in [-0.39, 0.29) is 23.8 Å². The first-order valence-electron chi connectivity index (χ1n) is 9.83. The van der Waals surface area contributed by atoms with Crippen molar-refractivity contribution in [1.82, 2.24) is 9.80 Å². The maximum Gasteiger partial charge on any atom is 0.286 e. The number of hydrogen-bond acceptors (Lipinski definition) is 6. The molecule has 0 spiro atoms. The SMILES string of the molecule is COC1CN(C(=O)c2cc3c(s2)CN(C)C(C)C3)CC1C=NC(=O)c1ccc(Cl)s1. The van der Waals surface area contributed by atoms with Gasteiger partial charge in [0.1, 0.15) is 0 Å². The Hall–Kier alpha value is -1.58. The molecule has 9 heteroatoms. The van der Waals surface area contributed by atoms with E-state index in [4.69, 9.17) is 16.3 Å². The van der Waals surface area contributed by atoms with Gasteiger partial charge < -0.3 is 9.64 Å². The minimum absolute atomic E-state index is 0.0269. The Balaban J connectivity index is 1.45. The van der Waals surface area contributed by atoms with Crippen molar-refractivity contribution >= 4 is 52.3 Å². The maximum absolute atomic E-state index is 13.1. The van der Waals surface area contributed by atoms with Crippen molar-refractivity contribution in [3.63, 3.8) is 0 Å². The molecule has 2 aromatic rings. The van der Waals surface area contributed by atoms with Crippen LogP contribution in [0.15, 0.2) is 23.2 Å². The number of carbonyl (C=O) groups excluding carboxylic acids is 2. The summed E-state index contributed by atoms with van der Waals surface area (Å²) in [6.45, 7) is 4.07. The number of likely N-dealkylation sites (N-methyl/N-ethyl adjacent to an activating group) is 1. The number of carbonyl (C=O) groups is 2. The number of nitrogens with zero attached hydrogens (tertiary/aromatic N) is 3. The average Bonchev–Trinajstić information content (AvgIpc) is 3.44. The van der Waals surface area contributed by atoms with Gasteiger partial charge >= 0.3 is 0 Å². The molecular weight excluding hydrogens is 442 g/mol. The second-order valence-corrected chi connectivity index (χ2v) is 10.7. The highest BCUT2D eigenvalue weighted by atomic mass is 35.5. The van der Waals surface area contributed by atoms with E-state index in [1.54, 1.807) is 36.8 Å². The van der Waals surface area contributed by atoms with E-state index >= 15 is 0 Å². The van der Waals surface area contributed by atoms with E-state index in [0.29, 0.717) is 28.3 Å². The van der Waals surface area contributed by atoms with Crippen LogP contribution >= 0.6 is 34.3 Å². The third-order valence-corrected chi connectivity index (χ3v) is 8.20. The molecule has 3 unspecified atom stereocenters. The zero-order valence-corrected chi connectivity index (χ0v) is 19.5. The molecule has 1 fully saturated rings. The molecule has 0 N–H and O–H groups in total. The summed E-state index contributed by atoms with van der Waals surface area (Å²) in [6, 6.07) is 5.89. The van der Waals surface area contributed by atoms with Gasteiger partial charge in [-0.15, -0.1) is 22.7 Å². The van der Waals surface area contributed by atoms with Crippen molar-refractivity contribution in [3.05, 3.63) is 42.7 Å². The Bertz CT molecular complexity index is 959. The van der Waals surface area contributed by atoms with Gasteiger partial charge in [-0.3, -0.25) is 14.5 Å². The van der Waals surface area contributed by atoms with Crippen molar-refractivity contribution in [2.45, 2.75) is 32.0 Å². The molecule has 2 aliphatic heterocycles. The molecule has 3 atom stereocenters. The van der Waals surface area contributed by atoms with Crippen LogP contribution in [0.2, 0.25) is 4.34 Å². The molecule has 30 heavy (non-hydrogen) atoms. The van der Waals surface area contributed by atoms with Gasteiger partial charge in [-0.25, -0.2) is 4.99 Å². The Morgan fingerprint density at radius 1 is 1.27 bits per heavy atom. The topological polar surface area (TPSA) is 62.2 Å². The molecular formula is C21H24ClN3O3S2. The quantitative estimate of drug-likeness (QED) is 0.643. The number of ether oxygens (including phenoxy) is 1. The Morgan fingerprint density at radius 2 is 2.07 bits per heavy atom. The van der Waals surface area contributed by atoms with E-state index in [9.17, 15) is 9.59 Å². The van der Waals surface area contributed by atoms with Crippen molar-refractivity contribution in [3.8, 4) is 0 Å². The maximum atomic E-state index is 13.1. The van der Waals surface area contributed by atoms with Crippen LogP contribution in [0.25, 0.3) is 0 Å². The largest absolute Gasteiger partial charge is 0.379 e. The van der Waals surface area contributed by atoms with Crippen molar-refractivity contribution in [1.29, 1.82) is 0 Å². The Morgan fingerprint density at radius 3 is 2.77 bits per heavy atom. The smallest absolute Gasteiger partial charge is 0.286 e. The van der Waals surface area contributed by atoms with Crippen LogP contribution in [0.4, 0.5) is 0 Å². The van der Waals surface area contributed by atoms with Crippen molar-refractivity contribution in [2.24, 2.45) is 10.9 Å². The number of halogens is 1. The summed E-state index contributed by atoms with van der Waals surface area (Å²) in [5.41, 5.74) is 1.29. The summed E-state index contributed by atoms with van der Waals surface area (Å²) < 4.78 is 6.13. The lowest BCUT2D eigenvalue weighted by molar-refractivity contribution is 0.0716. The van der Waals surface area contributed by atoms with Gasteiger partial charge in [0, 0.05) is 49.8 Å². The first-order valence-corrected chi connectivity index (χ1v) is 11.8. The summed E-state index contributed by atoms with van der Waals surface area (Å²) >= 11 is 8.69. The van der Waals surface area contributed by atoms with Crippen LogP contribution in [0.1, 0.15) is 36.7 Å². The summed E-state index contributed by atoms with van der Waals surface area (Å²) in [7, 11) is 3.75. The summed E-state index contributed by atoms with van der Waals surface area (Å²) in [5.74, 6) is -0.422. The molecule has 160 valence electrons. The van der Waals surface area contributed by atoms with Gasteiger partial charge in [-0.05, 0) is 44.2 Å². The zero-order valence-electron chi connectivity index (χ0n) is 17.1. The molecule has 1 saturated heterocycles. The van der Waals surface area contributed by atoms with Crippen LogP contribution in [-0.4, -0.2) is 67.2 Å². The van der Waals surface area contributed by atoms with Crippen LogP contribution < -0.4 is 0 Å². The van der Waals surface area contributed by atoms with Crippen LogP contribution in [0, 0.1) is 5.92 Å². The Kier molecular flexibility index (Phi) is 6.41. The van der Waals surface area contributed by atoms with Crippen LogP contribution in [-0.2, 0) is 17.7 Å². The first-order chi connectivity index (χ1) is 14.4. The summed E-state index contributed by atoms with van der Waals surface area (Å²) in [4.78, 5) is 36.1. The second kappa shape index (κ2) is 8.88. The van der Waals surface area contributed by atoms with Gasteiger partial charge in [0.2, 0.25) is 0 Å². The fourth-order valence-electron chi connectivity index (χ4n) is 3.90. The highest BCUT2D eigenvalue weighted by molar-refractivity contribution is 7.18. The van der Waals surface area contributed by atoms with Crippen molar-refractivity contribution < 1.29 is 14.3 Å². The molecule has 0 bridgehead atoms. The zero-order chi connectivity index (χ0) is 21.4. The highest BCUT2D eigenvalue weighted by Crippen LogP contribution is 2.32. The van der Waals surface area contributed by atoms with Crippen LogP contribution in [0.3, 0.4) is 0 Å². The van der Waals surface area contributed by atoms with E-state index in [2.05, 4.69) is 29.9 Å². The number of likely N-dealkylation sites (tertiary alicyclic amines) is 1. The number of hydrogen-bond donors (Lipinski definition) is 0. The normalized spacial score (nSPS) is 24.5. The predicted octanol–water partition coefficient (Wildman–Crippen LogP) is 3.84. The molecule has 4 heterocycles. The Labute approximate surface area is 189 Å². The lowest BCUT2D eigenvalue weighted by Gasteiger charge is -2.29. The average molecular weight is 466 g/mol. The van der Waals surface area contributed by atoms with Gasteiger partial charge in [-0.2, -0.15) is 0 Å². The number of rotatable bonds is 4. The fraction of sp³-hybridized carbons (Fsp3) is 0.476. The molecule has 6 nitrogen and oxygen atoms in total.